The third-order valence-corrected chi connectivity index (χ3v) is 4.65. The van der Waals surface area contributed by atoms with E-state index in [4.69, 9.17) is 0 Å². The van der Waals surface area contributed by atoms with Crippen LogP contribution in [0.5, 0.6) is 0 Å². The largest absolute Gasteiger partial charge is 0.358 e. The predicted molar refractivity (Wildman–Crippen MR) is 102 cm³/mol. The molecule has 2 N–H and O–H groups in total. The summed E-state index contributed by atoms with van der Waals surface area (Å²) in [6.45, 7) is 2.82. The van der Waals surface area contributed by atoms with Crippen molar-refractivity contribution in [1.29, 1.82) is 0 Å². The summed E-state index contributed by atoms with van der Waals surface area (Å²) in [5.41, 5.74) is 3.13. The van der Waals surface area contributed by atoms with Gasteiger partial charge in [0.2, 0.25) is 0 Å². The maximum absolute atomic E-state index is 12.6. The number of Topliss-reactive ketones (excluding diaryl/α,β-unsaturated/α-hetero) is 1. The normalized spacial score (nSPS) is 11.1. The van der Waals surface area contributed by atoms with E-state index in [2.05, 4.69) is 14.9 Å². The minimum atomic E-state index is -0.575. The molecule has 4 aromatic rings. The molecule has 0 unspecified atom stereocenters. The van der Waals surface area contributed by atoms with Gasteiger partial charge in [-0.2, -0.15) is 0 Å². The lowest BCUT2D eigenvalue weighted by molar-refractivity contribution is -0.117. The third-order valence-electron chi connectivity index (χ3n) is 4.65. The molecule has 26 heavy (non-hydrogen) atoms. The molecule has 2 aromatic carbocycles. The SMILES string of the molecule is Cc1[nH]c2ccccc2c1C(=O)C(=O)NCCn1ccc2ccccc21. The number of rotatable bonds is 5. The number of aromatic nitrogens is 2. The summed E-state index contributed by atoms with van der Waals surface area (Å²) in [7, 11) is 0. The molecule has 0 atom stereocenters. The zero-order valence-electron chi connectivity index (χ0n) is 14.5. The second-order valence-corrected chi connectivity index (χ2v) is 6.32. The third kappa shape index (κ3) is 2.77. The Hall–Kier alpha value is -3.34. The molecule has 0 bridgehead atoms. The zero-order chi connectivity index (χ0) is 18.1. The van der Waals surface area contributed by atoms with Crippen molar-refractivity contribution < 1.29 is 9.59 Å². The van der Waals surface area contributed by atoms with Crippen LogP contribution in [0.25, 0.3) is 21.8 Å². The summed E-state index contributed by atoms with van der Waals surface area (Å²) in [5, 5.41) is 4.68. The van der Waals surface area contributed by atoms with Gasteiger partial charge in [-0.3, -0.25) is 9.59 Å². The van der Waals surface area contributed by atoms with Gasteiger partial charge in [0, 0.05) is 41.4 Å². The number of amides is 1. The van der Waals surface area contributed by atoms with Crippen LogP contribution in [0, 0.1) is 6.92 Å². The van der Waals surface area contributed by atoms with Gasteiger partial charge in [0.15, 0.2) is 0 Å². The zero-order valence-corrected chi connectivity index (χ0v) is 14.5. The van der Waals surface area contributed by atoms with Crippen LogP contribution in [0.1, 0.15) is 16.1 Å². The molecule has 2 aromatic heterocycles. The van der Waals surface area contributed by atoms with Gasteiger partial charge in [-0.15, -0.1) is 0 Å². The minimum absolute atomic E-state index is 0.394. The number of nitrogens with zero attached hydrogens (tertiary/aromatic N) is 1. The van der Waals surface area contributed by atoms with E-state index in [-0.39, 0.29) is 0 Å². The van der Waals surface area contributed by atoms with Gasteiger partial charge in [0.1, 0.15) is 0 Å². The second-order valence-electron chi connectivity index (χ2n) is 6.32. The van der Waals surface area contributed by atoms with Gasteiger partial charge >= 0.3 is 0 Å². The van der Waals surface area contributed by atoms with Crippen molar-refractivity contribution in [2.24, 2.45) is 0 Å². The molecule has 1 amide bonds. The van der Waals surface area contributed by atoms with Crippen molar-refractivity contribution in [3.05, 3.63) is 72.1 Å². The highest BCUT2D eigenvalue weighted by Gasteiger charge is 2.22. The average molecular weight is 345 g/mol. The molecule has 2 heterocycles. The maximum atomic E-state index is 12.6. The van der Waals surface area contributed by atoms with Crippen molar-refractivity contribution >= 4 is 33.5 Å². The van der Waals surface area contributed by atoms with E-state index in [1.807, 2.05) is 67.7 Å². The molecule has 0 aliphatic carbocycles. The van der Waals surface area contributed by atoms with Crippen LogP contribution in [0.2, 0.25) is 0 Å². The Kier molecular flexibility index (Phi) is 4.05. The maximum Gasteiger partial charge on any atom is 0.292 e. The fourth-order valence-corrected chi connectivity index (χ4v) is 3.39. The van der Waals surface area contributed by atoms with E-state index in [9.17, 15) is 9.59 Å². The standard InChI is InChI=1S/C21H19N3O2/c1-14-19(16-7-3-4-8-17(16)23-14)20(25)21(26)22-11-13-24-12-10-15-6-2-5-9-18(15)24/h2-10,12,23H,11,13H2,1H3,(H,22,26). The summed E-state index contributed by atoms with van der Waals surface area (Å²) < 4.78 is 2.07. The van der Waals surface area contributed by atoms with Gasteiger partial charge in [-0.25, -0.2) is 0 Å². The van der Waals surface area contributed by atoms with E-state index >= 15 is 0 Å². The molecule has 5 heteroatoms. The number of para-hydroxylation sites is 2. The number of aryl methyl sites for hydroxylation is 1. The van der Waals surface area contributed by atoms with Crippen LogP contribution in [0.15, 0.2) is 60.8 Å². The van der Waals surface area contributed by atoms with Crippen LogP contribution >= 0.6 is 0 Å². The lowest BCUT2D eigenvalue weighted by Crippen LogP contribution is -2.33. The van der Waals surface area contributed by atoms with E-state index in [1.165, 1.54) is 0 Å². The highest BCUT2D eigenvalue weighted by molar-refractivity contribution is 6.45. The van der Waals surface area contributed by atoms with E-state index in [0.29, 0.717) is 24.3 Å². The molecule has 0 aliphatic heterocycles. The fourth-order valence-electron chi connectivity index (χ4n) is 3.39. The lowest BCUT2D eigenvalue weighted by atomic mass is 10.1. The highest BCUT2D eigenvalue weighted by atomic mass is 16.2. The molecule has 0 saturated carbocycles. The van der Waals surface area contributed by atoms with E-state index < -0.39 is 11.7 Å². The summed E-state index contributed by atoms with van der Waals surface area (Å²) in [4.78, 5) is 28.1. The molecule has 5 nitrogen and oxygen atoms in total. The quantitative estimate of drug-likeness (QED) is 0.430. The molecule has 0 aliphatic rings. The molecule has 130 valence electrons. The summed E-state index contributed by atoms with van der Waals surface area (Å²) in [6, 6.07) is 17.6. The van der Waals surface area contributed by atoms with Crippen molar-refractivity contribution in [3.8, 4) is 0 Å². The Bertz CT molecular complexity index is 1120. The molecule has 0 radical (unpaired) electrons. The van der Waals surface area contributed by atoms with Gasteiger partial charge in [-0.1, -0.05) is 36.4 Å². The summed E-state index contributed by atoms with van der Waals surface area (Å²) >= 11 is 0. The summed E-state index contributed by atoms with van der Waals surface area (Å²) in [5.74, 6) is -1.08. The topological polar surface area (TPSA) is 66.9 Å². The molecule has 0 fully saturated rings. The van der Waals surface area contributed by atoms with Crippen LogP contribution < -0.4 is 5.32 Å². The Morgan fingerprint density at radius 3 is 2.69 bits per heavy atom. The van der Waals surface area contributed by atoms with Gasteiger partial charge in [0.05, 0.1) is 5.56 Å². The lowest BCUT2D eigenvalue weighted by Gasteiger charge is -2.07. The number of nitrogens with one attached hydrogen (secondary N) is 2. The Morgan fingerprint density at radius 1 is 1.04 bits per heavy atom. The fraction of sp³-hybridized carbons (Fsp3) is 0.143. The molecular formula is C21H19N3O2. The molecule has 0 saturated heterocycles. The minimum Gasteiger partial charge on any atom is -0.358 e. The number of aromatic amines is 1. The second kappa shape index (κ2) is 6.52. The van der Waals surface area contributed by atoms with Crippen LogP contribution in [-0.4, -0.2) is 27.8 Å². The highest BCUT2D eigenvalue weighted by Crippen LogP contribution is 2.22. The number of carbonyl (C=O) groups is 2. The Balaban J connectivity index is 1.46. The Labute approximate surface area is 150 Å². The first-order valence-electron chi connectivity index (χ1n) is 8.59. The first-order chi connectivity index (χ1) is 12.6. The number of benzene rings is 2. The van der Waals surface area contributed by atoms with Gasteiger partial charge < -0.3 is 14.9 Å². The van der Waals surface area contributed by atoms with Crippen molar-refractivity contribution in [3.63, 3.8) is 0 Å². The van der Waals surface area contributed by atoms with E-state index in [1.54, 1.807) is 0 Å². The first kappa shape index (κ1) is 16.1. The van der Waals surface area contributed by atoms with Crippen LogP contribution in [-0.2, 0) is 11.3 Å². The molecule has 4 rings (SSSR count). The van der Waals surface area contributed by atoms with Crippen molar-refractivity contribution in [2.75, 3.05) is 6.54 Å². The van der Waals surface area contributed by atoms with Crippen LogP contribution in [0.4, 0.5) is 0 Å². The average Bonchev–Trinajstić information content (AvgIpc) is 3.21. The summed E-state index contributed by atoms with van der Waals surface area (Å²) in [6.07, 6.45) is 1.99. The van der Waals surface area contributed by atoms with Gasteiger partial charge in [0.25, 0.3) is 11.7 Å². The van der Waals surface area contributed by atoms with E-state index in [0.717, 1.165) is 21.8 Å². The molecular weight excluding hydrogens is 326 g/mol. The number of fused-ring (bicyclic) bond motifs is 2. The van der Waals surface area contributed by atoms with Crippen molar-refractivity contribution in [1.82, 2.24) is 14.9 Å². The first-order valence-corrected chi connectivity index (χ1v) is 8.59. The number of carbonyl (C=O) groups excluding carboxylic acids is 2. The predicted octanol–water partition coefficient (Wildman–Crippen LogP) is 3.43. The molecule has 0 spiro atoms. The number of H-pyrrole nitrogens is 1. The smallest absolute Gasteiger partial charge is 0.292 e. The Morgan fingerprint density at radius 2 is 1.81 bits per heavy atom. The van der Waals surface area contributed by atoms with Gasteiger partial charge in [-0.05, 0) is 30.5 Å². The number of ketones is 1. The van der Waals surface area contributed by atoms with Crippen molar-refractivity contribution in [2.45, 2.75) is 13.5 Å². The monoisotopic (exact) mass is 345 g/mol. The van der Waals surface area contributed by atoms with Crippen LogP contribution in [0.3, 0.4) is 0 Å². The number of hydrogen-bond acceptors (Lipinski definition) is 2. The number of hydrogen-bond donors (Lipinski definition) is 2.